The third kappa shape index (κ3) is 5.40. The number of ether oxygens (including phenoxy) is 1. The van der Waals surface area contributed by atoms with Crippen molar-refractivity contribution in [2.45, 2.75) is 32.5 Å². The Bertz CT molecular complexity index is 729. The fourth-order valence-corrected chi connectivity index (χ4v) is 3.42. The summed E-state index contributed by atoms with van der Waals surface area (Å²) in [5.41, 5.74) is 2.95. The van der Waals surface area contributed by atoms with Crippen molar-refractivity contribution in [3.05, 3.63) is 54.1 Å². The molecule has 2 aromatic rings. The number of benzene rings is 2. The van der Waals surface area contributed by atoms with Crippen LogP contribution in [0.4, 0.5) is 11.4 Å². The van der Waals surface area contributed by atoms with E-state index >= 15 is 0 Å². The van der Waals surface area contributed by atoms with Gasteiger partial charge >= 0.3 is 0 Å². The van der Waals surface area contributed by atoms with E-state index in [1.54, 1.807) is 0 Å². The minimum atomic E-state index is -0.755. The first-order valence-electron chi connectivity index (χ1n) is 10.1. The number of aliphatic hydroxyl groups is 1. The largest absolute Gasteiger partial charge is 0.493 e. The molecule has 0 amide bonds. The number of anilines is 2. The van der Waals surface area contributed by atoms with Gasteiger partial charge in [-0.1, -0.05) is 26.0 Å². The average molecular weight is 384 g/mol. The summed E-state index contributed by atoms with van der Waals surface area (Å²) in [5, 5.41) is 13.7. The lowest BCUT2D eigenvalue weighted by molar-refractivity contribution is 0.208. The van der Waals surface area contributed by atoms with E-state index in [4.69, 9.17) is 4.74 Å². The summed E-state index contributed by atoms with van der Waals surface area (Å²) in [6, 6.07) is 16.5. The Hall–Kier alpha value is -2.24. The highest BCUT2D eigenvalue weighted by molar-refractivity contribution is 5.56. The number of aliphatic hydroxyl groups excluding tert-OH is 1. The summed E-state index contributed by atoms with van der Waals surface area (Å²) < 4.78 is 5.69. The summed E-state index contributed by atoms with van der Waals surface area (Å²) >= 11 is 0. The van der Waals surface area contributed by atoms with Gasteiger partial charge in [-0.25, -0.2) is 0 Å². The maximum absolute atomic E-state index is 10.5. The molecule has 2 atom stereocenters. The van der Waals surface area contributed by atoms with Gasteiger partial charge in [0, 0.05) is 36.1 Å². The van der Waals surface area contributed by atoms with Crippen molar-refractivity contribution in [1.82, 2.24) is 4.90 Å². The van der Waals surface area contributed by atoms with Crippen molar-refractivity contribution in [2.75, 3.05) is 44.0 Å². The molecule has 0 radical (unpaired) electrons. The van der Waals surface area contributed by atoms with Crippen molar-refractivity contribution in [3.8, 4) is 5.75 Å². The van der Waals surface area contributed by atoms with E-state index in [2.05, 4.69) is 55.2 Å². The first-order chi connectivity index (χ1) is 13.4. The topological polar surface area (TPSA) is 48.0 Å². The zero-order valence-corrected chi connectivity index (χ0v) is 17.4. The summed E-state index contributed by atoms with van der Waals surface area (Å²) in [5.74, 6) is 1.32. The molecule has 0 spiro atoms. The van der Waals surface area contributed by atoms with Crippen LogP contribution in [-0.4, -0.2) is 49.8 Å². The van der Waals surface area contributed by atoms with E-state index < -0.39 is 6.23 Å². The van der Waals surface area contributed by atoms with Gasteiger partial charge < -0.3 is 25.0 Å². The summed E-state index contributed by atoms with van der Waals surface area (Å²) in [6.45, 7) is 7.09. The zero-order valence-electron chi connectivity index (χ0n) is 17.4. The van der Waals surface area contributed by atoms with Crippen molar-refractivity contribution in [3.63, 3.8) is 0 Å². The second kappa shape index (κ2) is 9.30. The van der Waals surface area contributed by atoms with Crippen molar-refractivity contribution < 1.29 is 9.84 Å². The Morgan fingerprint density at radius 3 is 2.36 bits per heavy atom. The van der Waals surface area contributed by atoms with Crippen molar-refractivity contribution >= 4 is 11.4 Å². The molecule has 0 aliphatic carbocycles. The van der Waals surface area contributed by atoms with E-state index in [-0.39, 0.29) is 0 Å². The Kier molecular flexibility index (Phi) is 6.81. The third-order valence-electron chi connectivity index (χ3n) is 5.21. The van der Waals surface area contributed by atoms with Crippen LogP contribution >= 0.6 is 0 Å². The van der Waals surface area contributed by atoms with Gasteiger partial charge in [0.25, 0.3) is 0 Å². The van der Waals surface area contributed by atoms with Gasteiger partial charge in [-0.3, -0.25) is 0 Å². The van der Waals surface area contributed by atoms with E-state index in [1.807, 2.05) is 36.4 Å². The quantitative estimate of drug-likeness (QED) is 0.676. The van der Waals surface area contributed by atoms with Crippen LogP contribution in [0.25, 0.3) is 0 Å². The lowest BCUT2D eigenvalue weighted by Gasteiger charge is -2.22. The first kappa shape index (κ1) is 20.5. The zero-order chi connectivity index (χ0) is 20.1. The molecule has 2 unspecified atom stereocenters. The molecule has 0 aromatic heterocycles. The number of hydrogen-bond acceptors (Lipinski definition) is 5. The molecule has 28 heavy (non-hydrogen) atoms. The van der Waals surface area contributed by atoms with Crippen molar-refractivity contribution in [1.29, 1.82) is 0 Å². The van der Waals surface area contributed by atoms with E-state index in [0.717, 1.165) is 30.1 Å². The second-order valence-electron chi connectivity index (χ2n) is 8.22. The van der Waals surface area contributed by atoms with Crippen LogP contribution in [-0.2, 0) is 0 Å². The highest BCUT2D eigenvalue weighted by Gasteiger charge is 2.23. The Morgan fingerprint density at radius 2 is 1.79 bits per heavy atom. The lowest BCUT2D eigenvalue weighted by Crippen LogP contribution is -2.31. The summed E-state index contributed by atoms with van der Waals surface area (Å²) in [4.78, 5) is 4.71. The van der Waals surface area contributed by atoms with Crippen LogP contribution in [0, 0.1) is 5.92 Å². The lowest BCUT2D eigenvalue weighted by atomic mass is 10.1. The smallest absolute Gasteiger partial charge is 0.150 e. The van der Waals surface area contributed by atoms with Gasteiger partial charge in [0.05, 0.1) is 6.61 Å². The fraction of sp³-hybridized carbons (Fsp3) is 0.478. The average Bonchev–Trinajstić information content (AvgIpc) is 3.18. The molecule has 2 N–H and O–H groups in total. The molecule has 1 fully saturated rings. The van der Waals surface area contributed by atoms with Crippen LogP contribution in [0.15, 0.2) is 48.5 Å². The molecule has 0 saturated carbocycles. The van der Waals surface area contributed by atoms with Crippen LogP contribution in [0.1, 0.15) is 32.1 Å². The predicted octanol–water partition coefficient (Wildman–Crippen LogP) is 3.96. The number of likely N-dealkylation sites (N-methyl/N-ethyl adjacent to an activating group) is 1. The molecule has 152 valence electrons. The van der Waals surface area contributed by atoms with E-state index in [1.165, 1.54) is 12.1 Å². The number of nitrogens with one attached hydrogen (secondary N) is 1. The second-order valence-corrected chi connectivity index (χ2v) is 8.22. The van der Waals surface area contributed by atoms with Gasteiger partial charge in [-0.15, -0.1) is 0 Å². The monoisotopic (exact) mass is 383 g/mol. The van der Waals surface area contributed by atoms with Crippen LogP contribution in [0.5, 0.6) is 5.75 Å². The molecule has 1 heterocycles. The van der Waals surface area contributed by atoms with E-state index in [0.29, 0.717) is 18.6 Å². The fourth-order valence-electron chi connectivity index (χ4n) is 3.42. The highest BCUT2D eigenvalue weighted by atomic mass is 16.5. The molecule has 3 rings (SSSR count). The molecular formula is C23H33N3O2. The molecule has 1 aliphatic heterocycles. The van der Waals surface area contributed by atoms with Crippen LogP contribution in [0.2, 0.25) is 0 Å². The van der Waals surface area contributed by atoms with Gasteiger partial charge in [-0.2, -0.15) is 0 Å². The van der Waals surface area contributed by atoms with Gasteiger partial charge in [0.15, 0.2) is 6.23 Å². The van der Waals surface area contributed by atoms with Gasteiger partial charge in [-0.05, 0) is 62.8 Å². The summed E-state index contributed by atoms with van der Waals surface area (Å²) in [6.07, 6.45) is 0.442. The standard InChI is InChI=1S/C23H33N3O2/c1-17(2)16-28-22-11-5-18(6-12-22)23(27)24-19-7-9-20(10-8-19)26-14-13-21(15-26)25(3)4/h5-12,17,21,23-24,27H,13-16H2,1-4H3. The molecular weight excluding hydrogens is 350 g/mol. The third-order valence-corrected chi connectivity index (χ3v) is 5.21. The Balaban J connectivity index is 1.55. The predicted molar refractivity (Wildman–Crippen MR) is 116 cm³/mol. The first-order valence-corrected chi connectivity index (χ1v) is 10.1. The van der Waals surface area contributed by atoms with Crippen molar-refractivity contribution in [2.24, 2.45) is 5.92 Å². The number of rotatable bonds is 8. The summed E-state index contributed by atoms with van der Waals surface area (Å²) in [7, 11) is 4.29. The highest BCUT2D eigenvalue weighted by Crippen LogP contribution is 2.26. The van der Waals surface area contributed by atoms with Crippen LogP contribution in [0.3, 0.4) is 0 Å². The maximum Gasteiger partial charge on any atom is 0.150 e. The van der Waals surface area contributed by atoms with Crippen LogP contribution < -0.4 is 15.0 Å². The van der Waals surface area contributed by atoms with Gasteiger partial charge in [0.1, 0.15) is 5.75 Å². The molecule has 5 nitrogen and oxygen atoms in total. The molecule has 2 aromatic carbocycles. The maximum atomic E-state index is 10.5. The Labute approximate surface area is 168 Å². The normalized spacial score (nSPS) is 18.0. The minimum Gasteiger partial charge on any atom is -0.493 e. The Morgan fingerprint density at radius 1 is 1.11 bits per heavy atom. The minimum absolute atomic E-state index is 0.490. The molecule has 0 bridgehead atoms. The van der Waals surface area contributed by atoms with E-state index in [9.17, 15) is 5.11 Å². The number of nitrogens with zero attached hydrogens (tertiary/aromatic N) is 2. The molecule has 5 heteroatoms. The number of hydrogen-bond donors (Lipinski definition) is 2. The molecule has 1 aliphatic rings. The SMILES string of the molecule is CC(C)COc1ccc(C(O)Nc2ccc(N3CCC(N(C)C)C3)cc2)cc1. The molecule has 1 saturated heterocycles. The van der Waals surface area contributed by atoms with Gasteiger partial charge in [0.2, 0.25) is 0 Å².